The molecule has 0 saturated carbocycles. The maximum absolute atomic E-state index is 13.0. The van der Waals surface area contributed by atoms with Gasteiger partial charge in [-0.15, -0.1) is 0 Å². The number of carboxylic acid groups (broad SMARTS) is 1. The highest BCUT2D eigenvalue weighted by Gasteiger charge is 2.53. The fourth-order valence-electron chi connectivity index (χ4n) is 4.18. The lowest BCUT2D eigenvalue weighted by Gasteiger charge is -2.26. The zero-order valence-electron chi connectivity index (χ0n) is 23.9. The summed E-state index contributed by atoms with van der Waals surface area (Å²) < 4.78 is 10.3. The quantitative estimate of drug-likeness (QED) is 0.104. The number of hydrazine groups is 1. The first-order valence-corrected chi connectivity index (χ1v) is 13.8. The van der Waals surface area contributed by atoms with Crippen LogP contribution in [0.4, 0.5) is 0 Å². The normalized spacial score (nSPS) is 17.0. The number of rotatable bonds is 15. The predicted molar refractivity (Wildman–Crippen MR) is 151 cm³/mol. The van der Waals surface area contributed by atoms with Crippen LogP contribution >= 0.6 is 0 Å². The number of nitrogens with one attached hydrogen (secondary N) is 3. The molecule has 0 aromatic heterocycles. The third-order valence-electron chi connectivity index (χ3n) is 6.55. The van der Waals surface area contributed by atoms with Crippen molar-refractivity contribution < 1.29 is 38.6 Å². The zero-order valence-corrected chi connectivity index (χ0v) is 23.9. The van der Waals surface area contributed by atoms with Gasteiger partial charge in [-0.05, 0) is 43.4 Å². The van der Waals surface area contributed by atoms with E-state index in [0.717, 1.165) is 18.4 Å². The third-order valence-corrected chi connectivity index (χ3v) is 6.55. The van der Waals surface area contributed by atoms with Gasteiger partial charge >= 0.3 is 11.9 Å². The number of carbonyl (C=O) groups is 5. The summed E-state index contributed by atoms with van der Waals surface area (Å²) in [6.45, 7) is 4.86. The highest BCUT2D eigenvalue weighted by atomic mass is 16.6. The Morgan fingerprint density at radius 1 is 0.905 bits per heavy atom. The number of epoxide rings is 1. The van der Waals surface area contributed by atoms with E-state index in [4.69, 9.17) is 9.47 Å². The average Bonchev–Trinajstić information content (AvgIpc) is 3.77. The van der Waals surface area contributed by atoms with Crippen molar-refractivity contribution in [3.8, 4) is 0 Å². The van der Waals surface area contributed by atoms with Crippen LogP contribution in [0.2, 0.25) is 0 Å². The fourth-order valence-corrected chi connectivity index (χ4v) is 4.18. The van der Waals surface area contributed by atoms with Gasteiger partial charge in [-0.2, -0.15) is 0 Å². The smallest absolute Gasteiger partial charge is 0.338 e. The Bertz CT molecular complexity index is 1220. The van der Waals surface area contributed by atoms with Gasteiger partial charge in [-0.1, -0.05) is 74.5 Å². The molecule has 4 atom stereocenters. The van der Waals surface area contributed by atoms with Crippen molar-refractivity contribution in [1.29, 1.82) is 0 Å². The summed E-state index contributed by atoms with van der Waals surface area (Å²) in [6.07, 6.45) is -0.857. The van der Waals surface area contributed by atoms with Gasteiger partial charge in [0.05, 0.1) is 6.04 Å². The topological polar surface area (TPSA) is 167 Å². The molecule has 0 aliphatic carbocycles. The Morgan fingerprint density at radius 3 is 2.12 bits per heavy atom. The number of ether oxygens (including phenoxy) is 2. The number of hydrogen-bond acceptors (Lipinski definition) is 8. The van der Waals surface area contributed by atoms with Crippen molar-refractivity contribution >= 4 is 29.7 Å². The molecule has 3 rings (SSSR count). The molecular formula is C30H38N4O8. The Morgan fingerprint density at radius 2 is 1.52 bits per heavy atom. The Labute approximate surface area is 244 Å². The van der Waals surface area contributed by atoms with E-state index in [1.807, 2.05) is 50.2 Å². The maximum Gasteiger partial charge on any atom is 0.338 e. The van der Waals surface area contributed by atoms with Crippen LogP contribution < -0.4 is 16.1 Å². The summed E-state index contributed by atoms with van der Waals surface area (Å²) in [5.41, 5.74) is 4.17. The van der Waals surface area contributed by atoms with Gasteiger partial charge in [0.1, 0.15) is 19.2 Å². The van der Waals surface area contributed by atoms with Crippen LogP contribution in [0.1, 0.15) is 38.3 Å². The largest absolute Gasteiger partial charge is 0.480 e. The molecule has 1 aliphatic rings. The average molecular weight is 583 g/mol. The first kappa shape index (κ1) is 32.2. The highest BCUT2D eigenvalue weighted by molar-refractivity contribution is 5.96. The molecule has 0 spiro atoms. The van der Waals surface area contributed by atoms with Crippen LogP contribution in [0, 0.1) is 5.92 Å². The van der Waals surface area contributed by atoms with Gasteiger partial charge in [-0.25, -0.2) is 9.80 Å². The van der Waals surface area contributed by atoms with E-state index in [0.29, 0.717) is 11.6 Å². The predicted octanol–water partition coefficient (Wildman–Crippen LogP) is 1.19. The van der Waals surface area contributed by atoms with E-state index >= 15 is 0 Å². The van der Waals surface area contributed by atoms with Gasteiger partial charge < -0.3 is 25.2 Å². The lowest BCUT2D eigenvalue weighted by Crippen LogP contribution is -2.58. The maximum atomic E-state index is 13.0. The number of hydrogen-bond donors (Lipinski definition) is 4. The lowest BCUT2D eigenvalue weighted by atomic mass is 10.0. The summed E-state index contributed by atoms with van der Waals surface area (Å²) in [6, 6.07) is 17.2. The molecule has 1 fully saturated rings. The summed E-state index contributed by atoms with van der Waals surface area (Å²) in [7, 11) is 0. The van der Waals surface area contributed by atoms with E-state index in [-0.39, 0.29) is 12.5 Å². The minimum absolute atomic E-state index is 0.0213. The van der Waals surface area contributed by atoms with E-state index < -0.39 is 60.5 Å². The molecule has 3 amide bonds. The van der Waals surface area contributed by atoms with E-state index in [1.54, 1.807) is 24.3 Å². The number of nitrogens with zero attached hydrogens (tertiary/aromatic N) is 1. The summed E-state index contributed by atoms with van der Waals surface area (Å²) >= 11 is 0. The van der Waals surface area contributed by atoms with Crippen molar-refractivity contribution in [2.75, 3.05) is 13.1 Å². The molecular weight excluding hydrogens is 544 g/mol. The Hall–Kier alpha value is -4.29. The standard InChI is InChI=1S/C30H38N4O8/c1-19(2)24(31-16-10-15-21-11-6-4-7-12-21)28(38)32-20(3)27(37)33-34(17-23(35)36)29(39)25-26(42-25)30(40)41-18-22-13-8-5-9-14-22/h4-9,11-14,19-20,24-26,31H,10,15-18H2,1-3H3,(H,32,38)(H,33,37)(H,35,36)/t20?,24?,25-,26+/m0/s1. The van der Waals surface area contributed by atoms with Crippen LogP contribution in [0.15, 0.2) is 60.7 Å². The minimum Gasteiger partial charge on any atom is -0.480 e. The molecule has 1 saturated heterocycles. The summed E-state index contributed by atoms with van der Waals surface area (Å²) in [4.78, 5) is 62.4. The molecule has 4 N–H and O–H groups in total. The van der Waals surface area contributed by atoms with E-state index in [2.05, 4.69) is 16.1 Å². The molecule has 1 aliphatic heterocycles. The summed E-state index contributed by atoms with van der Waals surface area (Å²) in [5, 5.41) is 15.7. The Kier molecular flexibility index (Phi) is 12.0. The number of amides is 3. The zero-order chi connectivity index (χ0) is 30.6. The number of aryl methyl sites for hydroxylation is 1. The van der Waals surface area contributed by atoms with Crippen LogP contribution in [-0.4, -0.2) is 77.2 Å². The van der Waals surface area contributed by atoms with Gasteiger partial charge in [0.25, 0.3) is 11.8 Å². The van der Waals surface area contributed by atoms with Gasteiger partial charge in [-0.3, -0.25) is 24.6 Å². The highest BCUT2D eigenvalue weighted by Crippen LogP contribution is 2.25. The first-order valence-electron chi connectivity index (χ1n) is 13.8. The lowest BCUT2D eigenvalue weighted by molar-refractivity contribution is -0.151. The van der Waals surface area contributed by atoms with Crippen LogP contribution in [0.25, 0.3) is 0 Å². The molecule has 1 heterocycles. The van der Waals surface area contributed by atoms with Crippen molar-refractivity contribution in [1.82, 2.24) is 21.1 Å². The van der Waals surface area contributed by atoms with E-state index in [1.165, 1.54) is 12.5 Å². The van der Waals surface area contributed by atoms with Crippen molar-refractivity contribution in [3.63, 3.8) is 0 Å². The van der Waals surface area contributed by atoms with Gasteiger partial charge in [0.2, 0.25) is 5.91 Å². The number of aliphatic carboxylic acids is 1. The number of benzene rings is 2. The molecule has 0 radical (unpaired) electrons. The van der Waals surface area contributed by atoms with Crippen molar-refractivity contribution in [3.05, 3.63) is 71.8 Å². The minimum atomic E-state index is -1.40. The van der Waals surface area contributed by atoms with Crippen LogP contribution in [0.3, 0.4) is 0 Å². The third kappa shape index (κ3) is 9.96. The molecule has 2 aromatic carbocycles. The second kappa shape index (κ2) is 15.6. The van der Waals surface area contributed by atoms with Gasteiger partial charge in [0, 0.05) is 0 Å². The Balaban J connectivity index is 1.49. The molecule has 0 bridgehead atoms. The monoisotopic (exact) mass is 582 g/mol. The molecule has 42 heavy (non-hydrogen) atoms. The summed E-state index contributed by atoms with van der Waals surface area (Å²) in [5.74, 6) is -4.40. The molecule has 226 valence electrons. The van der Waals surface area contributed by atoms with Crippen LogP contribution in [0.5, 0.6) is 0 Å². The number of carbonyl (C=O) groups excluding carboxylic acids is 4. The SMILES string of the molecule is CC(NC(=O)C(NCCCc1ccccc1)C(C)C)C(=O)NN(CC(=O)O)C(=O)[C@H]1O[C@H]1C(=O)OCc1ccccc1. The van der Waals surface area contributed by atoms with E-state index in [9.17, 15) is 29.1 Å². The number of esters is 1. The fraction of sp³-hybridized carbons (Fsp3) is 0.433. The van der Waals surface area contributed by atoms with Crippen molar-refractivity contribution in [2.24, 2.45) is 5.92 Å². The second-order valence-corrected chi connectivity index (χ2v) is 10.4. The second-order valence-electron chi connectivity index (χ2n) is 10.4. The van der Waals surface area contributed by atoms with Crippen LogP contribution in [-0.2, 0) is 46.5 Å². The molecule has 12 nitrogen and oxygen atoms in total. The molecule has 12 heteroatoms. The number of carboxylic acids is 1. The first-order chi connectivity index (χ1) is 20.1. The molecule has 2 unspecified atom stereocenters. The van der Waals surface area contributed by atoms with Crippen molar-refractivity contribution in [2.45, 2.75) is 64.5 Å². The molecule has 2 aromatic rings. The van der Waals surface area contributed by atoms with Gasteiger partial charge in [0.15, 0.2) is 12.2 Å².